The van der Waals surface area contributed by atoms with E-state index in [-0.39, 0.29) is 12.2 Å². The molecule has 3 amide bonds. The molecule has 1 N–H and O–H groups in total. The van der Waals surface area contributed by atoms with Gasteiger partial charge in [-0.3, -0.25) is 9.69 Å². The first-order valence-electron chi connectivity index (χ1n) is 9.94. The third-order valence-electron chi connectivity index (χ3n) is 5.12. The topological polar surface area (TPSA) is 67.9 Å². The van der Waals surface area contributed by atoms with E-state index in [1.54, 1.807) is 25.3 Å². The Balaban J connectivity index is 1.59. The van der Waals surface area contributed by atoms with E-state index in [0.717, 1.165) is 21.2 Å². The molecule has 3 aromatic carbocycles. The summed E-state index contributed by atoms with van der Waals surface area (Å²) in [5, 5.41) is 4.87. The fourth-order valence-electron chi connectivity index (χ4n) is 3.53. The second-order valence-electron chi connectivity index (χ2n) is 7.14. The molecule has 7 heteroatoms. The molecule has 32 heavy (non-hydrogen) atoms. The van der Waals surface area contributed by atoms with Crippen LogP contribution in [-0.2, 0) is 11.4 Å². The number of nitrogens with zero attached hydrogens (tertiary/aromatic N) is 1. The number of hydrogen-bond acceptors (Lipinski definition) is 4. The van der Waals surface area contributed by atoms with Gasteiger partial charge in [-0.1, -0.05) is 64.5 Å². The van der Waals surface area contributed by atoms with E-state index in [1.165, 1.54) is 6.08 Å². The van der Waals surface area contributed by atoms with Crippen molar-refractivity contribution in [1.29, 1.82) is 0 Å². The second kappa shape index (κ2) is 9.28. The molecule has 1 saturated heterocycles. The first kappa shape index (κ1) is 21.6. The van der Waals surface area contributed by atoms with Crippen molar-refractivity contribution < 1.29 is 19.1 Å². The van der Waals surface area contributed by atoms with Gasteiger partial charge in [-0.15, -0.1) is 6.58 Å². The van der Waals surface area contributed by atoms with Gasteiger partial charge in [0.1, 0.15) is 12.3 Å². The molecular formula is C25H21BrN2O4. The van der Waals surface area contributed by atoms with E-state index in [1.807, 2.05) is 24.3 Å². The number of hydrogen-bond donors (Lipinski definition) is 1. The molecule has 0 spiro atoms. The minimum atomic E-state index is -0.473. The number of benzene rings is 3. The van der Waals surface area contributed by atoms with Gasteiger partial charge in [0.05, 0.1) is 7.11 Å². The number of amides is 3. The maximum Gasteiger partial charge on any atom is 0.329 e. The Hall–Kier alpha value is -3.58. The molecule has 6 nitrogen and oxygen atoms in total. The van der Waals surface area contributed by atoms with E-state index < -0.39 is 11.9 Å². The summed E-state index contributed by atoms with van der Waals surface area (Å²) in [7, 11) is 1.55. The lowest BCUT2D eigenvalue weighted by Crippen LogP contribution is -2.30. The van der Waals surface area contributed by atoms with Crippen molar-refractivity contribution in [2.75, 3.05) is 13.7 Å². The second-order valence-corrected chi connectivity index (χ2v) is 8.00. The Morgan fingerprint density at radius 2 is 1.88 bits per heavy atom. The quantitative estimate of drug-likeness (QED) is 0.277. The Morgan fingerprint density at radius 1 is 1.09 bits per heavy atom. The van der Waals surface area contributed by atoms with Gasteiger partial charge >= 0.3 is 6.03 Å². The van der Waals surface area contributed by atoms with Crippen molar-refractivity contribution in [1.82, 2.24) is 10.2 Å². The fourth-order valence-corrected chi connectivity index (χ4v) is 3.97. The zero-order valence-corrected chi connectivity index (χ0v) is 19.0. The summed E-state index contributed by atoms with van der Waals surface area (Å²) in [4.78, 5) is 25.6. The molecule has 0 aromatic heterocycles. The smallest absolute Gasteiger partial charge is 0.329 e. The van der Waals surface area contributed by atoms with Crippen LogP contribution in [0.2, 0.25) is 0 Å². The van der Waals surface area contributed by atoms with Gasteiger partial charge in [-0.05, 0) is 40.1 Å². The van der Waals surface area contributed by atoms with Gasteiger partial charge in [0.25, 0.3) is 5.91 Å². The third kappa shape index (κ3) is 4.24. The minimum Gasteiger partial charge on any atom is -0.493 e. The average molecular weight is 493 g/mol. The molecule has 0 unspecified atom stereocenters. The standard InChI is InChI=1S/C25H21BrN2O4/c1-3-11-28-24(29)21(27-25(28)30)12-18-13-22(31-2)23(14-20(18)26)32-15-17-9-6-8-16-7-4-5-10-19(16)17/h3-10,12-14H,1,11,15H2,2H3,(H,27,30)/b21-12+. The van der Waals surface area contributed by atoms with Crippen LogP contribution < -0.4 is 14.8 Å². The van der Waals surface area contributed by atoms with Crippen molar-refractivity contribution in [3.63, 3.8) is 0 Å². The molecule has 1 heterocycles. The highest BCUT2D eigenvalue weighted by molar-refractivity contribution is 9.10. The summed E-state index contributed by atoms with van der Waals surface area (Å²) < 4.78 is 12.3. The van der Waals surface area contributed by atoms with E-state index in [0.29, 0.717) is 28.1 Å². The molecule has 0 radical (unpaired) electrons. The lowest BCUT2D eigenvalue weighted by atomic mass is 10.1. The predicted octanol–water partition coefficient (Wildman–Crippen LogP) is 5.27. The number of methoxy groups -OCH3 is 1. The van der Waals surface area contributed by atoms with Crippen molar-refractivity contribution in [2.45, 2.75) is 6.61 Å². The number of imide groups is 1. The molecule has 0 aliphatic carbocycles. The molecule has 4 rings (SSSR count). The Labute approximate surface area is 194 Å². The minimum absolute atomic E-state index is 0.146. The number of fused-ring (bicyclic) bond motifs is 1. The summed E-state index contributed by atoms with van der Waals surface area (Å²) in [5.41, 5.74) is 1.92. The van der Waals surface area contributed by atoms with Crippen molar-refractivity contribution in [2.24, 2.45) is 0 Å². The highest BCUT2D eigenvalue weighted by atomic mass is 79.9. The van der Waals surface area contributed by atoms with Crippen LogP contribution in [0, 0.1) is 0 Å². The molecule has 1 aliphatic heterocycles. The SMILES string of the molecule is C=CCN1C(=O)N/C(=C/c2cc(OC)c(OCc3cccc4ccccc34)cc2Br)C1=O. The monoisotopic (exact) mass is 492 g/mol. The number of nitrogens with one attached hydrogen (secondary N) is 1. The van der Waals surface area contributed by atoms with E-state index in [2.05, 4.69) is 46.0 Å². The van der Waals surface area contributed by atoms with Gasteiger partial charge in [-0.2, -0.15) is 0 Å². The zero-order chi connectivity index (χ0) is 22.7. The third-order valence-corrected chi connectivity index (χ3v) is 5.81. The van der Waals surface area contributed by atoms with E-state index in [9.17, 15) is 9.59 Å². The highest BCUT2D eigenvalue weighted by Gasteiger charge is 2.32. The van der Waals surface area contributed by atoms with Crippen LogP contribution in [0.25, 0.3) is 16.8 Å². The maximum atomic E-state index is 12.5. The van der Waals surface area contributed by atoms with E-state index >= 15 is 0 Å². The molecule has 1 fully saturated rings. The van der Waals surface area contributed by atoms with Crippen molar-refractivity contribution in [3.05, 3.63) is 88.5 Å². The van der Waals surface area contributed by atoms with Crippen LogP contribution in [0.5, 0.6) is 11.5 Å². The lowest BCUT2D eigenvalue weighted by molar-refractivity contribution is -0.122. The summed E-state index contributed by atoms with van der Waals surface area (Å²) >= 11 is 3.53. The Bertz CT molecular complexity index is 1250. The Kier molecular flexibility index (Phi) is 6.28. The van der Waals surface area contributed by atoms with Crippen LogP contribution in [0.4, 0.5) is 4.79 Å². The number of urea groups is 1. The molecule has 0 bridgehead atoms. The van der Waals surface area contributed by atoms with Gasteiger partial charge in [-0.25, -0.2) is 4.79 Å². The number of carbonyl (C=O) groups excluding carboxylic acids is 2. The predicted molar refractivity (Wildman–Crippen MR) is 127 cm³/mol. The van der Waals surface area contributed by atoms with Crippen LogP contribution in [-0.4, -0.2) is 30.5 Å². The van der Waals surface area contributed by atoms with Crippen LogP contribution >= 0.6 is 15.9 Å². The maximum absolute atomic E-state index is 12.5. The van der Waals surface area contributed by atoms with Gasteiger partial charge < -0.3 is 14.8 Å². The number of rotatable bonds is 7. The summed E-state index contributed by atoms with van der Waals surface area (Å²) in [6.45, 7) is 4.09. The molecule has 3 aromatic rings. The zero-order valence-electron chi connectivity index (χ0n) is 17.4. The largest absolute Gasteiger partial charge is 0.493 e. The summed E-state index contributed by atoms with van der Waals surface area (Å²) in [6.07, 6.45) is 3.10. The Morgan fingerprint density at radius 3 is 2.66 bits per heavy atom. The van der Waals surface area contributed by atoms with Gasteiger partial charge in [0.2, 0.25) is 0 Å². The summed E-state index contributed by atoms with van der Waals surface area (Å²) in [6, 6.07) is 17.3. The highest BCUT2D eigenvalue weighted by Crippen LogP contribution is 2.35. The lowest BCUT2D eigenvalue weighted by Gasteiger charge is -2.14. The first-order chi connectivity index (χ1) is 15.5. The van der Waals surface area contributed by atoms with Gasteiger partial charge in [0.15, 0.2) is 11.5 Å². The summed E-state index contributed by atoms with van der Waals surface area (Å²) in [5.74, 6) is 0.668. The van der Waals surface area contributed by atoms with Crippen LogP contribution in [0.1, 0.15) is 11.1 Å². The van der Waals surface area contributed by atoms with Crippen molar-refractivity contribution in [3.8, 4) is 11.5 Å². The molecule has 0 saturated carbocycles. The van der Waals surface area contributed by atoms with Crippen molar-refractivity contribution >= 4 is 44.7 Å². The normalized spacial score (nSPS) is 14.7. The average Bonchev–Trinajstić information content (AvgIpc) is 3.06. The number of halogens is 1. The van der Waals surface area contributed by atoms with Crippen LogP contribution in [0.15, 0.2) is 77.4 Å². The number of carbonyl (C=O) groups is 2. The number of ether oxygens (including phenoxy) is 2. The van der Waals surface area contributed by atoms with Gasteiger partial charge in [0, 0.05) is 11.0 Å². The fraction of sp³-hybridized carbons (Fsp3) is 0.120. The molecular weight excluding hydrogens is 472 g/mol. The first-order valence-corrected chi connectivity index (χ1v) is 10.7. The molecule has 162 valence electrons. The van der Waals surface area contributed by atoms with E-state index in [4.69, 9.17) is 9.47 Å². The van der Waals surface area contributed by atoms with Crippen LogP contribution in [0.3, 0.4) is 0 Å². The molecule has 0 atom stereocenters. The molecule has 1 aliphatic rings.